The van der Waals surface area contributed by atoms with Gasteiger partial charge in [0.25, 0.3) is 5.91 Å². The zero-order valence-electron chi connectivity index (χ0n) is 12.8. The SMILES string of the molecule is CCCSc1nnc(NC(=O)C(C)Oc2ccccc2C)s1. The molecule has 118 valence electrons. The largest absolute Gasteiger partial charge is 0.481 e. The van der Waals surface area contributed by atoms with Crippen molar-refractivity contribution in [1.82, 2.24) is 10.2 Å². The number of aryl methyl sites for hydroxylation is 1. The molecule has 1 heterocycles. The molecule has 0 aliphatic rings. The Labute approximate surface area is 138 Å². The monoisotopic (exact) mass is 337 g/mol. The molecule has 2 aromatic rings. The minimum Gasteiger partial charge on any atom is -0.481 e. The summed E-state index contributed by atoms with van der Waals surface area (Å²) in [4.78, 5) is 12.1. The van der Waals surface area contributed by atoms with Gasteiger partial charge in [-0.2, -0.15) is 0 Å². The molecule has 1 unspecified atom stereocenters. The molecule has 0 radical (unpaired) electrons. The summed E-state index contributed by atoms with van der Waals surface area (Å²) < 4.78 is 6.56. The molecule has 2 rings (SSSR count). The van der Waals surface area contributed by atoms with Crippen LogP contribution in [0.3, 0.4) is 0 Å². The first-order valence-electron chi connectivity index (χ1n) is 7.09. The van der Waals surface area contributed by atoms with E-state index in [4.69, 9.17) is 4.74 Å². The second-order valence-electron chi connectivity index (χ2n) is 4.74. The van der Waals surface area contributed by atoms with Crippen LogP contribution in [0.25, 0.3) is 0 Å². The third-order valence-electron chi connectivity index (χ3n) is 2.83. The van der Waals surface area contributed by atoms with Crippen molar-refractivity contribution in [2.24, 2.45) is 0 Å². The van der Waals surface area contributed by atoms with E-state index in [0.29, 0.717) is 10.9 Å². The third kappa shape index (κ3) is 4.71. The average Bonchev–Trinajstić information content (AvgIpc) is 2.94. The molecule has 0 aliphatic heterocycles. The van der Waals surface area contributed by atoms with Crippen LogP contribution in [0.4, 0.5) is 5.13 Å². The Hall–Kier alpha value is -1.60. The van der Waals surface area contributed by atoms with Gasteiger partial charge in [0.05, 0.1) is 0 Å². The Morgan fingerprint density at radius 3 is 2.91 bits per heavy atom. The highest BCUT2D eigenvalue weighted by Crippen LogP contribution is 2.26. The summed E-state index contributed by atoms with van der Waals surface area (Å²) in [6.45, 7) is 5.78. The summed E-state index contributed by atoms with van der Waals surface area (Å²) in [5.41, 5.74) is 0.997. The number of hydrogen-bond acceptors (Lipinski definition) is 6. The molecule has 0 saturated heterocycles. The van der Waals surface area contributed by atoms with Crippen LogP contribution >= 0.6 is 23.1 Å². The van der Waals surface area contributed by atoms with Crippen LogP contribution < -0.4 is 10.1 Å². The summed E-state index contributed by atoms with van der Waals surface area (Å²) in [5, 5.41) is 11.3. The predicted octanol–water partition coefficient (Wildman–Crippen LogP) is 3.75. The molecule has 7 heteroatoms. The van der Waals surface area contributed by atoms with Crippen LogP contribution in [-0.4, -0.2) is 28.0 Å². The fraction of sp³-hybridized carbons (Fsp3) is 0.400. The van der Waals surface area contributed by atoms with Gasteiger partial charge in [-0.25, -0.2) is 0 Å². The van der Waals surface area contributed by atoms with E-state index < -0.39 is 6.10 Å². The van der Waals surface area contributed by atoms with Crippen molar-refractivity contribution in [3.8, 4) is 5.75 Å². The van der Waals surface area contributed by atoms with Crippen LogP contribution in [0.2, 0.25) is 0 Å². The highest BCUT2D eigenvalue weighted by molar-refractivity contribution is 8.01. The van der Waals surface area contributed by atoms with Crippen molar-refractivity contribution in [2.75, 3.05) is 11.1 Å². The van der Waals surface area contributed by atoms with Crippen LogP contribution in [0.1, 0.15) is 25.8 Å². The number of anilines is 1. The van der Waals surface area contributed by atoms with Crippen molar-refractivity contribution in [3.63, 3.8) is 0 Å². The normalized spacial score (nSPS) is 12.0. The average molecular weight is 337 g/mol. The molecule has 1 aromatic carbocycles. The number of aromatic nitrogens is 2. The number of amides is 1. The summed E-state index contributed by atoms with van der Waals surface area (Å²) in [6.07, 6.45) is 0.476. The lowest BCUT2D eigenvalue weighted by molar-refractivity contribution is -0.122. The summed E-state index contributed by atoms with van der Waals surface area (Å²) in [5.74, 6) is 1.48. The molecule has 0 spiro atoms. The molecule has 0 fully saturated rings. The first-order chi connectivity index (χ1) is 10.6. The zero-order chi connectivity index (χ0) is 15.9. The quantitative estimate of drug-likeness (QED) is 0.616. The van der Waals surface area contributed by atoms with E-state index in [9.17, 15) is 4.79 Å². The molecule has 1 N–H and O–H groups in total. The maximum Gasteiger partial charge on any atom is 0.266 e. The Bertz CT molecular complexity index is 631. The van der Waals surface area contributed by atoms with Crippen LogP contribution in [-0.2, 0) is 4.79 Å². The molecule has 0 saturated carbocycles. The van der Waals surface area contributed by atoms with Gasteiger partial charge in [0.1, 0.15) is 5.75 Å². The van der Waals surface area contributed by atoms with Crippen molar-refractivity contribution in [3.05, 3.63) is 29.8 Å². The van der Waals surface area contributed by atoms with Crippen LogP contribution in [0.15, 0.2) is 28.6 Å². The molecular formula is C15H19N3O2S2. The van der Waals surface area contributed by atoms with E-state index in [1.807, 2.05) is 31.2 Å². The van der Waals surface area contributed by atoms with Gasteiger partial charge >= 0.3 is 0 Å². The van der Waals surface area contributed by atoms with E-state index in [1.54, 1.807) is 18.7 Å². The van der Waals surface area contributed by atoms with Crippen LogP contribution in [0.5, 0.6) is 5.75 Å². The number of carbonyl (C=O) groups excluding carboxylic acids is 1. The molecule has 22 heavy (non-hydrogen) atoms. The fourth-order valence-electron chi connectivity index (χ4n) is 1.65. The highest BCUT2D eigenvalue weighted by Gasteiger charge is 2.17. The van der Waals surface area contributed by atoms with E-state index in [1.165, 1.54) is 11.3 Å². The van der Waals surface area contributed by atoms with Gasteiger partial charge in [-0.05, 0) is 31.9 Å². The second kappa shape index (κ2) is 8.14. The minimum atomic E-state index is -0.600. The molecule has 0 bridgehead atoms. The number of para-hydroxylation sites is 1. The fourth-order valence-corrected chi connectivity index (χ4v) is 3.33. The minimum absolute atomic E-state index is 0.230. The van der Waals surface area contributed by atoms with E-state index in [0.717, 1.165) is 22.1 Å². The van der Waals surface area contributed by atoms with Gasteiger partial charge in [0, 0.05) is 5.75 Å². The highest BCUT2D eigenvalue weighted by atomic mass is 32.2. The Morgan fingerprint density at radius 1 is 1.41 bits per heavy atom. The third-order valence-corrected chi connectivity index (χ3v) is 5.01. The Kier molecular flexibility index (Phi) is 6.21. The van der Waals surface area contributed by atoms with Gasteiger partial charge in [0.2, 0.25) is 5.13 Å². The molecule has 0 aliphatic carbocycles. The first kappa shape index (κ1) is 16.8. The number of nitrogens with one attached hydrogen (secondary N) is 1. The van der Waals surface area contributed by atoms with Gasteiger partial charge in [0.15, 0.2) is 10.4 Å². The lowest BCUT2D eigenvalue weighted by Gasteiger charge is -2.15. The second-order valence-corrected chi connectivity index (χ2v) is 7.06. The van der Waals surface area contributed by atoms with Gasteiger partial charge in [-0.15, -0.1) is 10.2 Å². The lowest BCUT2D eigenvalue weighted by Crippen LogP contribution is -2.30. The van der Waals surface area contributed by atoms with Gasteiger partial charge in [-0.3, -0.25) is 10.1 Å². The zero-order valence-corrected chi connectivity index (χ0v) is 14.5. The number of rotatable bonds is 7. The van der Waals surface area contributed by atoms with E-state index in [2.05, 4.69) is 22.4 Å². The van der Waals surface area contributed by atoms with Crippen molar-refractivity contribution in [1.29, 1.82) is 0 Å². The van der Waals surface area contributed by atoms with Crippen molar-refractivity contribution >= 4 is 34.1 Å². The molecule has 1 amide bonds. The van der Waals surface area contributed by atoms with Crippen molar-refractivity contribution < 1.29 is 9.53 Å². The predicted molar refractivity (Wildman–Crippen MR) is 90.8 cm³/mol. The van der Waals surface area contributed by atoms with Crippen molar-refractivity contribution in [2.45, 2.75) is 37.6 Å². The number of carbonyl (C=O) groups is 1. The molecule has 1 aromatic heterocycles. The lowest BCUT2D eigenvalue weighted by atomic mass is 10.2. The van der Waals surface area contributed by atoms with Crippen LogP contribution in [0, 0.1) is 6.92 Å². The Morgan fingerprint density at radius 2 is 2.18 bits per heavy atom. The first-order valence-corrected chi connectivity index (χ1v) is 8.89. The van der Waals surface area contributed by atoms with Gasteiger partial charge < -0.3 is 4.74 Å². The van der Waals surface area contributed by atoms with Gasteiger partial charge in [-0.1, -0.05) is 48.2 Å². The summed E-state index contributed by atoms with van der Waals surface area (Å²) >= 11 is 3.02. The molecule has 5 nitrogen and oxygen atoms in total. The standard InChI is InChI=1S/C15H19N3O2S2/c1-4-9-21-15-18-17-14(22-15)16-13(19)11(3)20-12-8-6-5-7-10(12)2/h5-8,11H,4,9H2,1-3H3,(H,16,17,19). The Balaban J connectivity index is 1.91. The molecular weight excluding hydrogens is 318 g/mol. The summed E-state index contributed by atoms with van der Waals surface area (Å²) in [6, 6.07) is 7.62. The van der Waals surface area contributed by atoms with E-state index in [-0.39, 0.29) is 5.91 Å². The maximum atomic E-state index is 12.1. The topological polar surface area (TPSA) is 64.1 Å². The number of nitrogens with zero attached hydrogens (tertiary/aromatic N) is 2. The van der Waals surface area contributed by atoms with E-state index >= 15 is 0 Å². The number of thioether (sulfide) groups is 1. The number of ether oxygens (including phenoxy) is 1. The summed E-state index contributed by atoms with van der Waals surface area (Å²) in [7, 11) is 0. The number of benzene rings is 1. The molecule has 1 atom stereocenters. The number of hydrogen-bond donors (Lipinski definition) is 1. The smallest absolute Gasteiger partial charge is 0.266 e. The maximum absolute atomic E-state index is 12.1.